The number of allylic oxidation sites excluding steroid dienone is 3. The molecule has 0 unspecified atom stereocenters. The van der Waals surface area contributed by atoms with Crippen LogP contribution in [0.1, 0.15) is 103 Å². The Labute approximate surface area is 188 Å². The van der Waals surface area contributed by atoms with Crippen LogP contribution in [0.4, 0.5) is 0 Å². The predicted octanol–water partition coefficient (Wildman–Crippen LogP) is 7.30. The Hall–Kier alpha value is -2.03. The molecule has 0 aromatic heterocycles. The molecular formula is C28H40O3. The molecule has 170 valence electrons. The summed E-state index contributed by atoms with van der Waals surface area (Å²) < 4.78 is 6.34. The van der Waals surface area contributed by atoms with Crippen molar-refractivity contribution in [3.05, 3.63) is 52.6 Å². The van der Waals surface area contributed by atoms with Crippen LogP contribution in [0.5, 0.6) is 5.75 Å². The van der Waals surface area contributed by atoms with Gasteiger partial charge in [-0.15, -0.1) is 0 Å². The number of rotatable bonds is 7. The maximum absolute atomic E-state index is 11.0. The van der Waals surface area contributed by atoms with E-state index >= 15 is 0 Å². The first-order chi connectivity index (χ1) is 14.5. The van der Waals surface area contributed by atoms with Gasteiger partial charge >= 0.3 is 5.97 Å². The Bertz CT molecular complexity index is 872. The smallest absolute Gasteiger partial charge is 0.328 e. The summed E-state index contributed by atoms with van der Waals surface area (Å²) in [6.45, 7) is 14.2. The highest BCUT2D eigenvalue weighted by Gasteiger charge is 2.39. The van der Waals surface area contributed by atoms with Gasteiger partial charge in [0.05, 0.1) is 6.61 Å². The van der Waals surface area contributed by atoms with Crippen molar-refractivity contribution in [3.63, 3.8) is 0 Å². The lowest BCUT2D eigenvalue weighted by Crippen LogP contribution is -2.34. The van der Waals surface area contributed by atoms with Crippen LogP contribution in [-0.2, 0) is 15.6 Å². The fourth-order valence-electron chi connectivity index (χ4n) is 5.36. The number of carboxylic acids is 1. The van der Waals surface area contributed by atoms with E-state index in [1.165, 1.54) is 42.0 Å². The second kappa shape index (κ2) is 9.22. The number of aliphatic carboxylic acids is 1. The lowest BCUT2D eigenvalue weighted by molar-refractivity contribution is -0.131. The van der Waals surface area contributed by atoms with E-state index in [-0.39, 0.29) is 10.8 Å². The van der Waals surface area contributed by atoms with E-state index in [4.69, 9.17) is 9.84 Å². The van der Waals surface area contributed by atoms with Crippen molar-refractivity contribution in [1.82, 2.24) is 0 Å². The molecule has 2 atom stereocenters. The largest absolute Gasteiger partial charge is 0.493 e. The maximum atomic E-state index is 11.0. The number of fused-ring (bicyclic) bond motifs is 1. The third kappa shape index (κ3) is 5.25. The number of hydrogen-bond donors (Lipinski definition) is 1. The maximum Gasteiger partial charge on any atom is 0.328 e. The molecule has 1 aromatic rings. The van der Waals surface area contributed by atoms with Crippen molar-refractivity contribution in [2.45, 2.75) is 96.8 Å². The molecule has 0 saturated heterocycles. The molecule has 0 heterocycles. The third-order valence-corrected chi connectivity index (χ3v) is 7.37. The van der Waals surface area contributed by atoms with E-state index in [0.29, 0.717) is 11.8 Å². The highest BCUT2D eigenvalue weighted by molar-refractivity contribution is 5.81. The molecule has 1 N–H and O–H groups in total. The summed E-state index contributed by atoms with van der Waals surface area (Å²) in [5, 5.41) is 9.00. The normalized spacial score (nSPS) is 24.9. The Morgan fingerprint density at radius 2 is 1.77 bits per heavy atom. The Kier molecular flexibility index (Phi) is 7.03. The zero-order valence-electron chi connectivity index (χ0n) is 20.3. The minimum Gasteiger partial charge on any atom is -0.493 e. The monoisotopic (exact) mass is 424 g/mol. The van der Waals surface area contributed by atoms with Crippen LogP contribution in [0.15, 0.2) is 35.9 Å². The molecular weight excluding hydrogens is 384 g/mol. The second-order valence-electron chi connectivity index (χ2n) is 10.8. The minimum atomic E-state index is -0.889. The summed E-state index contributed by atoms with van der Waals surface area (Å²) in [6, 6.07) is 4.83. The quantitative estimate of drug-likeness (QED) is 0.369. The summed E-state index contributed by atoms with van der Waals surface area (Å²) in [5.41, 5.74) is 5.41. The van der Waals surface area contributed by atoms with E-state index in [0.717, 1.165) is 37.2 Å². The summed E-state index contributed by atoms with van der Waals surface area (Å²) in [4.78, 5) is 11.0. The van der Waals surface area contributed by atoms with E-state index in [1.54, 1.807) is 0 Å². The van der Waals surface area contributed by atoms with Gasteiger partial charge in [-0.05, 0) is 90.0 Å². The number of ether oxygens (including phenoxy) is 1. The zero-order valence-corrected chi connectivity index (χ0v) is 20.3. The van der Waals surface area contributed by atoms with Crippen molar-refractivity contribution in [2.24, 2.45) is 5.92 Å². The molecule has 0 amide bonds. The first-order valence-electron chi connectivity index (χ1n) is 12.0. The average molecular weight is 425 g/mol. The number of carbonyl (C=O) groups is 1. The van der Waals surface area contributed by atoms with Crippen LogP contribution in [0, 0.1) is 5.92 Å². The van der Waals surface area contributed by atoms with Gasteiger partial charge in [0.25, 0.3) is 0 Å². The molecule has 0 radical (unpaired) electrons. The highest BCUT2D eigenvalue weighted by Crippen LogP contribution is 2.51. The molecule has 3 heteroatoms. The predicted molar refractivity (Wildman–Crippen MR) is 128 cm³/mol. The van der Waals surface area contributed by atoms with Gasteiger partial charge in [0.1, 0.15) is 5.75 Å². The summed E-state index contributed by atoms with van der Waals surface area (Å²) in [7, 11) is 0. The van der Waals surface area contributed by atoms with Gasteiger partial charge in [-0.1, -0.05) is 59.3 Å². The Morgan fingerprint density at radius 1 is 1.13 bits per heavy atom. The van der Waals surface area contributed by atoms with Gasteiger partial charge in [0, 0.05) is 6.08 Å². The lowest BCUT2D eigenvalue weighted by Gasteiger charge is -2.42. The van der Waals surface area contributed by atoms with Gasteiger partial charge in [0.15, 0.2) is 0 Å². The second-order valence-corrected chi connectivity index (χ2v) is 10.8. The van der Waals surface area contributed by atoms with Crippen LogP contribution in [0.3, 0.4) is 0 Å². The van der Waals surface area contributed by atoms with Gasteiger partial charge in [-0.3, -0.25) is 0 Å². The van der Waals surface area contributed by atoms with E-state index in [1.807, 2.05) is 13.0 Å². The van der Waals surface area contributed by atoms with Crippen molar-refractivity contribution < 1.29 is 14.6 Å². The number of benzene rings is 1. The van der Waals surface area contributed by atoms with Crippen LogP contribution in [-0.4, -0.2) is 17.7 Å². The summed E-state index contributed by atoms with van der Waals surface area (Å²) in [5.74, 6) is 1.01. The standard InChI is InChI=1S/C28H40O3/c1-7-15-31-25-18-24-23(27(3,4)13-14-28(24,5)6)17-22(25)21-10-8-9-20(21)12-11-19(2)16-26(29)30/h11-12,16-18,20-21H,7-10,13-15H2,1-6H3,(H,29,30)/b12-11+,19-16+/t20-,21-/m0/s1. The van der Waals surface area contributed by atoms with Crippen molar-refractivity contribution in [3.8, 4) is 5.75 Å². The Morgan fingerprint density at radius 3 is 2.39 bits per heavy atom. The molecule has 0 aliphatic heterocycles. The van der Waals surface area contributed by atoms with Crippen LogP contribution < -0.4 is 4.74 Å². The van der Waals surface area contributed by atoms with Crippen molar-refractivity contribution in [2.75, 3.05) is 6.61 Å². The molecule has 3 rings (SSSR count). The van der Waals surface area contributed by atoms with Crippen LogP contribution in [0.25, 0.3) is 0 Å². The van der Waals surface area contributed by atoms with E-state index < -0.39 is 5.97 Å². The molecule has 1 fully saturated rings. The van der Waals surface area contributed by atoms with Crippen LogP contribution in [0.2, 0.25) is 0 Å². The highest BCUT2D eigenvalue weighted by atomic mass is 16.5. The fraction of sp³-hybridized carbons (Fsp3) is 0.607. The van der Waals surface area contributed by atoms with E-state index in [9.17, 15) is 4.79 Å². The minimum absolute atomic E-state index is 0.168. The lowest BCUT2D eigenvalue weighted by atomic mass is 9.62. The van der Waals surface area contributed by atoms with Gasteiger partial charge < -0.3 is 9.84 Å². The molecule has 0 spiro atoms. The van der Waals surface area contributed by atoms with Crippen molar-refractivity contribution in [1.29, 1.82) is 0 Å². The molecule has 1 aromatic carbocycles. The Balaban J connectivity index is 2.04. The number of carboxylic acid groups (broad SMARTS) is 1. The van der Waals surface area contributed by atoms with E-state index in [2.05, 4.69) is 52.8 Å². The third-order valence-electron chi connectivity index (χ3n) is 7.37. The van der Waals surface area contributed by atoms with Crippen molar-refractivity contribution >= 4 is 5.97 Å². The molecule has 31 heavy (non-hydrogen) atoms. The number of hydrogen-bond acceptors (Lipinski definition) is 2. The van der Waals surface area contributed by atoms with Crippen LogP contribution >= 0.6 is 0 Å². The first-order valence-corrected chi connectivity index (χ1v) is 12.0. The molecule has 1 saturated carbocycles. The first kappa shape index (κ1) is 23.6. The molecule has 2 aliphatic carbocycles. The van der Waals surface area contributed by atoms with Gasteiger partial charge in [0.2, 0.25) is 0 Å². The topological polar surface area (TPSA) is 46.5 Å². The van der Waals surface area contributed by atoms with Gasteiger partial charge in [-0.2, -0.15) is 0 Å². The summed E-state index contributed by atoms with van der Waals surface area (Å²) in [6.07, 6.45) is 12.4. The molecule has 2 aliphatic rings. The zero-order chi connectivity index (χ0) is 22.8. The molecule has 3 nitrogen and oxygen atoms in total. The average Bonchev–Trinajstić information content (AvgIpc) is 3.16. The fourth-order valence-corrected chi connectivity index (χ4v) is 5.36. The SMILES string of the molecule is CCCOc1cc2c(cc1[C@H]1CCC[C@H]1/C=C/C(C)=C/C(=O)O)C(C)(C)CCC2(C)C. The molecule has 0 bridgehead atoms. The van der Waals surface area contributed by atoms with Gasteiger partial charge in [-0.25, -0.2) is 4.79 Å². The summed E-state index contributed by atoms with van der Waals surface area (Å²) >= 11 is 0.